The van der Waals surface area contributed by atoms with Gasteiger partial charge in [0.2, 0.25) is 0 Å². The Balaban J connectivity index is 2.05. The third-order valence-corrected chi connectivity index (χ3v) is 7.12. The Kier molecular flexibility index (Phi) is 4.66. The molecule has 1 saturated heterocycles. The molecule has 1 aliphatic rings. The van der Waals surface area contributed by atoms with Gasteiger partial charge in [-0.2, -0.15) is 5.26 Å². The molecule has 0 atom stereocenters. The Morgan fingerprint density at radius 3 is 2.48 bits per heavy atom. The third kappa shape index (κ3) is 4.27. The Bertz CT molecular complexity index is 760. The van der Waals surface area contributed by atoms with Crippen LogP contribution in [0.15, 0.2) is 29.2 Å². The van der Waals surface area contributed by atoms with Crippen LogP contribution in [0.3, 0.4) is 0 Å². The average Bonchev–Trinajstić information content (AvgIpc) is 2.41. The van der Waals surface area contributed by atoms with E-state index in [-0.39, 0.29) is 27.9 Å². The minimum atomic E-state index is -3.70. The molecule has 0 amide bonds. The molecule has 6 nitrogen and oxygen atoms in total. The second kappa shape index (κ2) is 6.13. The molecule has 21 heavy (non-hydrogen) atoms. The summed E-state index contributed by atoms with van der Waals surface area (Å²) in [5, 5.41) is 11.8. The van der Waals surface area contributed by atoms with Gasteiger partial charge >= 0.3 is 0 Å². The molecule has 0 aromatic heterocycles. The number of hydrogen-bond acceptors (Lipinski definition) is 6. The largest absolute Gasteiger partial charge is 0.316 e. The van der Waals surface area contributed by atoms with Crippen LogP contribution in [0.2, 0.25) is 0 Å². The molecule has 1 aliphatic heterocycles. The Morgan fingerprint density at radius 2 is 1.90 bits per heavy atom. The predicted octanol–water partition coefficient (Wildman–Crippen LogP) is -0.0338. The normalized spacial score (nSPS) is 16.1. The first-order valence-electron chi connectivity index (χ1n) is 6.46. The van der Waals surface area contributed by atoms with Gasteiger partial charge in [-0.3, -0.25) is 0 Å². The van der Waals surface area contributed by atoms with Gasteiger partial charge in [-0.15, -0.1) is 0 Å². The Hall–Kier alpha value is -1.43. The zero-order valence-corrected chi connectivity index (χ0v) is 13.0. The first-order chi connectivity index (χ1) is 9.82. The molecular weight excluding hydrogens is 312 g/mol. The first kappa shape index (κ1) is 15.9. The topological polar surface area (TPSA) is 104 Å². The molecule has 0 saturated carbocycles. The molecule has 2 rings (SSSR count). The first-order valence-corrected chi connectivity index (χ1v) is 9.94. The lowest BCUT2D eigenvalue weighted by molar-refractivity contribution is 0.378. The Labute approximate surface area is 124 Å². The van der Waals surface area contributed by atoms with Gasteiger partial charge in [0.1, 0.15) is 0 Å². The molecule has 0 aliphatic carbocycles. The molecule has 1 aromatic carbocycles. The van der Waals surface area contributed by atoms with Crippen LogP contribution in [-0.2, 0) is 19.7 Å². The number of hydrogen-bond donors (Lipinski definition) is 1. The summed E-state index contributed by atoms with van der Waals surface area (Å²) in [6.45, 7) is 1.33. The number of rotatable bonds is 6. The molecule has 1 N–H and O–H groups in total. The van der Waals surface area contributed by atoms with Crippen molar-refractivity contribution in [2.45, 2.75) is 4.90 Å². The minimum absolute atomic E-state index is 0.0120. The predicted molar refractivity (Wildman–Crippen MR) is 78.2 cm³/mol. The van der Waals surface area contributed by atoms with E-state index in [9.17, 15) is 16.8 Å². The second-order valence-corrected chi connectivity index (χ2v) is 9.44. The lowest BCUT2D eigenvalue weighted by Crippen LogP contribution is -2.46. The average molecular weight is 328 g/mol. The van der Waals surface area contributed by atoms with Gasteiger partial charge in [-0.1, -0.05) is 6.07 Å². The van der Waals surface area contributed by atoms with Gasteiger partial charge in [0.05, 0.1) is 33.8 Å². The maximum absolute atomic E-state index is 12.1. The van der Waals surface area contributed by atoms with E-state index in [4.69, 9.17) is 5.26 Å². The van der Waals surface area contributed by atoms with Crippen molar-refractivity contribution in [2.75, 3.05) is 30.3 Å². The van der Waals surface area contributed by atoms with E-state index in [1.807, 2.05) is 6.07 Å². The standard InChI is InChI=1S/C13H16N2O4S2/c14-7-11-2-1-3-13(6-11)21(18,19)5-4-20(16,17)10-12-8-15-9-12/h1-3,6,12,15H,4-5,8-10H2. The molecule has 0 bridgehead atoms. The highest BCUT2D eigenvalue weighted by Gasteiger charge is 2.26. The van der Waals surface area contributed by atoms with Crippen molar-refractivity contribution in [1.82, 2.24) is 5.32 Å². The van der Waals surface area contributed by atoms with Gasteiger partial charge in [-0.25, -0.2) is 16.8 Å². The highest BCUT2D eigenvalue weighted by Crippen LogP contribution is 2.14. The van der Waals surface area contributed by atoms with Crippen molar-refractivity contribution < 1.29 is 16.8 Å². The maximum Gasteiger partial charge on any atom is 0.179 e. The van der Waals surface area contributed by atoms with E-state index in [2.05, 4.69) is 5.32 Å². The van der Waals surface area contributed by atoms with E-state index in [0.29, 0.717) is 13.1 Å². The van der Waals surface area contributed by atoms with Crippen LogP contribution >= 0.6 is 0 Å². The summed E-state index contributed by atoms with van der Waals surface area (Å²) in [5.74, 6) is -0.736. The number of benzene rings is 1. The summed E-state index contributed by atoms with van der Waals surface area (Å²) in [6.07, 6.45) is 0. The van der Waals surface area contributed by atoms with Crippen LogP contribution in [0.5, 0.6) is 0 Å². The SMILES string of the molecule is N#Cc1cccc(S(=O)(=O)CCS(=O)(=O)CC2CNC2)c1. The molecule has 0 radical (unpaired) electrons. The lowest BCUT2D eigenvalue weighted by atomic mass is 10.1. The summed E-state index contributed by atoms with van der Waals surface area (Å²) < 4.78 is 48.0. The fraction of sp³-hybridized carbons (Fsp3) is 0.462. The van der Waals surface area contributed by atoms with Crippen molar-refractivity contribution in [1.29, 1.82) is 5.26 Å². The highest BCUT2D eigenvalue weighted by atomic mass is 32.2. The van der Waals surface area contributed by atoms with Crippen LogP contribution in [0.4, 0.5) is 0 Å². The van der Waals surface area contributed by atoms with Gasteiger partial charge in [0.25, 0.3) is 0 Å². The molecule has 8 heteroatoms. The van der Waals surface area contributed by atoms with Crippen molar-refractivity contribution in [3.63, 3.8) is 0 Å². The summed E-state index contributed by atoms with van der Waals surface area (Å²) in [5.41, 5.74) is 0.236. The van der Waals surface area contributed by atoms with Crippen LogP contribution in [0.25, 0.3) is 0 Å². The molecule has 0 spiro atoms. The molecular formula is C13H16N2O4S2. The summed E-state index contributed by atoms with van der Waals surface area (Å²) >= 11 is 0. The number of nitrogens with one attached hydrogen (secondary N) is 1. The fourth-order valence-electron chi connectivity index (χ4n) is 2.02. The molecule has 114 valence electrons. The van der Waals surface area contributed by atoms with Crippen molar-refractivity contribution >= 4 is 19.7 Å². The monoisotopic (exact) mass is 328 g/mol. The van der Waals surface area contributed by atoms with Gasteiger partial charge < -0.3 is 5.32 Å². The second-order valence-electron chi connectivity index (χ2n) is 5.10. The van der Waals surface area contributed by atoms with E-state index < -0.39 is 25.4 Å². The highest BCUT2D eigenvalue weighted by molar-refractivity contribution is 7.95. The molecule has 1 heterocycles. The molecule has 1 aromatic rings. The van der Waals surface area contributed by atoms with E-state index in [0.717, 1.165) is 0 Å². The van der Waals surface area contributed by atoms with Gasteiger partial charge in [0.15, 0.2) is 19.7 Å². The Morgan fingerprint density at radius 1 is 1.19 bits per heavy atom. The zero-order chi connectivity index (χ0) is 15.5. The van der Waals surface area contributed by atoms with Crippen LogP contribution < -0.4 is 5.32 Å². The number of nitrogens with zero attached hydrogens (tertiary/aromatic N) is 1. The van der Waals surface area contributed by atoms with Crippen molar-refractivity contribution in [2.24, 2.45) is 5.92 Å². The summed E-state index contributed by atoms with van der Waals surface area (Å²) in [7, 11) is -7.08. The molecule has 1 fully saturated rings. The fourth-order valence-corrected chi connectivity index (χ4v) is 5.86. The van der Waals surface area contributed by atoms with Crippen molar-refractivity contribution in [3.05, 3.63) is 29.8 Å². The number of nitriles is 1. The third-order valence-electron chi connectivity index (χ3n) is 3.34. The summed E-state index contributed by atoms with van der Waals surface area (Å²) in [6, 6.07) is 7.47. The number of sulfone groups is 2. The van der Waals surface area contributed by atoms with Crippen LogP contribution in [-0.4, -0.2) is 47.2 Å². The van der Waals surface area contributed by atoms with Crippen LogP contribution in [0, 0.1) is 17.2 Å². The maximum atomic E-state index is 12.1. The van der Waals surface area contributed by atoms with Gasteiger partial charge in [0, 0.05) is 13.1 Å². The van der Waals surface area contributed by atoms with Gasteiger partial charge in [-0.05, 0) is 24.1 Å². The molecule has 0 unspecified atom stereocenters. The smallest absolute Gasteiger partial charge is 0.179 e. The van der Waals surface area contributed by atoms with E-state index >= 15 is 0 Å². The zero-order valence-electron chi connectivity index (χ0n) is 11.3. The van der Waals surface area contributed by atoms with E-state index in [1.165, 1.54) is 24.3 Å². The van der Waals surface area contributed by atoms with E-state index in [1.54, 1.807) is 0 Å². The quantitative estimate of drug-likeness (QED) is 0.786. The summed E-state index contributed by atoms with van der Waals surface area (Å²) in [4.78, 5) is -0.0120. The van der Waals surface area contributed by atoms with Crippen LogP contribution in [0.1, 0.15) is 5.56 Å². The van der Waals surface area contributed by atoms with Crippen molar-refractivity contribution in [3.8, 4) is 6.07 Å². The minimum Gasteiger partial charge on any atom is -0.316 e. The lowest BCUT2D eigenvalue weighted by Gasteiger charge is -2.26.